The Kier molecular flexibility index (Phi) is 5.06. The van der Waals surface area contributed by atoms with Gasteiger partial charge in [-0.25, -0.2) is 17.5 Å². The fourth-order valence-corrected chi connectivity index (χ4v) is 2.45. The molecule has 2 unspecified atom stereocenters. The van der Waals surface area contributed by atoms with Gasteiger partial charge in [-0.1, -0.05) is 11.6 Å². The second kappa shape index (κ2) is 5.94. The van der Waals surface area contributed by atoms with Crippen LogP contribution < -0.4 is 10.5 Å². The first-order valence-electron chi connectivity index (χ1n) is 5.12. The molecule has 1 aromatic carbocycles. The number of aliphatic hydroxyl groups excluding tert-OH is 1. The minimum atomic E-state index is -3.82. The lowest BCUT2D eigenvalue weighted by molar-refractivity contribution is 0.164. The molecule has 0 amide bonds. The molecule has 5 nitrogen and oxygen atoms in total. The van der Waals surface area contributed by atoms with E-state index in [1.807, 2.05) is 0 Å². The smallest absolute Gasteiger partial charge is 0.240 e. The van der Waals surface area contributed by atoms with Gasteiger partial charge in [-0.3, -0.25) is 0 Å². The predicted octanol–water partition coefficient (Wildman–Crippen LogP) is 0.466. The largest absolute Gasteiger partial charge is 0.392 e. The Balaban J connectivity index is 2.83. The van der Waals surface area contributed by atoms with Crippen LogP contribution in [0.3, 0.4) is 0 Å². The second-order valence-electron chi connectivity index (χ2n) is 3.83. The van der Waals surface area contributed by atoms with Crippen molar-refractivity contribution in [1.29, 1.82) is 0 Å². The van der Waals surface area contributed by atoms with Gasteiger partial charge in [-0.2, -0.15) is 0 Å². The fraction of sp³-hybridized carbons (Fsp3) is 0.400. The van der Waals surface area contributed by atoms with Gasteiger partial charge >= 0.3 is 0 Å². The van der Waals surface area contributed by atoms with Crippen LogP contribution in [0.1, 0.15) is 6.92 Å². The molecule has 0 radical (unpaired) electrons. The van der Waals surface area contributed by atoms with Crippen LogP contribution in [0.4, 0.5) is 4.39 Å². The van der Waals surface area contributed by atoms with Crippen LogP contribution in [0.2, 0.25) is 5.02 Å². The summed E-state index contributed by atoms with van der Waals surface area (Å²) in [5.41, 5.74) is 5.49. The number of aliphatic hydroxyl groups is 1. The van der Waals surface area contributed by atoms with Crippen molar-refractivity contribution in [3.05, 3.63) is 29.0 Å². The zero-order valence-electron chi connectivity index (χ0n) is 9.60. The van der Waals surface area contributed by atoms with Crippen LogP contribution in [-0.2, 0) is 10.0 Å². The first-order valence-corrected chi connectivity index (χ1v) is 6.98. The molecule has 0 saturated heterocycles. The first-order chi connectivity index (χ1) is 8.24. The van der Waals surface area contributed by atoms with Gasteiger partial charge in [0.2, 0.25) is 10.0 Å². The molecule has 0 bridgehead atoms. The number of benzene rings is 1. The van der Waals surface area contributed by atoms with Crippen LogP contribution >= 0.6 is 11.6 Å². The summed E-state index contributed by atoms with van der Waals surface area (Å²) >= 11 is 5.50. The van der Waals surface area contributed by atoms with E-state index in [0.29, 0.717) is 0 Å². The molecule has 102 valence electrons. The maximum absolute atomic E-state index is 12.9. The summed E-state index contributed by atoms with van der Waals surface area (Å²) in [4.78, 5) is -0.160. The van der Waals surface area contributed by atoms with Crippen LogP contribution in [-0.4, -0.2) is 32.2 Å². The van der Waals surface area contributed by atoms with E-state index in [0.717, 1.165) is 18.2 Å². The molecule has 0 aliphatic carbocycles. The predicted molar refractivity (Wildman–Crippen MR) is 66.3 cm³/mol. The van der Waals surface area contributed by atoms with Crippen molar-refractivity contribution in [2.75, 3.05) is 6.54 Å². The summed E-state index contributed by atoms with van der Waals surface area (Å²) < 4.78 is 38.7. The van der Waals surface area contributed by atoms with E-state index < -0.39 is 28.0 Å². The van der Waals surface area contributed by atoms with E-state index in [2.05, 4.69) is 4.72 Å². The first kappa shape index (κ1) is 15.3. The molecule has 0 fully saturated rings. The quantitative estimate of drug-likeness (QED) is 0.736. The molecule has 18 heavy (non-hydrogen) atoms. The van der Waals surface area contributed by atoms with Gasteiger partial charge in [0.25, 0.3) is 0 Å². The Hall–Kier alpha value is -0.730. The molecule has 0 spiro atoms. The number of halogens is 2. The highest BCUT2D eigenvalue weighted by Crippen LogP contribution is 2.19. The third-order valence-electron chi connectivity index (χ3n) is 2.33. The molecule has 8 heteroatoms. The Bertz CT molecular complexity index is 522. The van der Waals surface area contributed by atoms with E-state index in [1.54, 1.807) is 0 Å². The molecule has 1 rings (SSSR count). The van der Waals surface area contributed by atoms with Crippen molar-refractivity contribution in [2.45, 2.75) is 24.0 Å². The number of hydrogen-bond donors (Lipinski definition) is 3. The summed E-state index contributed by atoms with van der Waals surface area (Å²) in [5.74, 6) is -0.698. The van der Waals surface area contributed by atoms with Crippen LogP contribution in [0.25, 0.3) is 0 Å². The average Bonchev–Trinajstić information content (AvgIpc) is 2.29. The summed E-state index contributed by atoms with van der Waals surface area (Å²) in [6.45, 7) is 1.32. The van der Waals surface area contributed by atoms with Crippen LogP contribution in [0.5, 0.6) is 0 Å². The Morgan fingerprint density at radius 2 is 2.17 bits per heavy atom. The van der Waals surface area contributed by atoms with Gasteiger partial charge in [0.1, 0.15) is 5.82 Å². The van der Waals surface area contributed by atoms with Gasteiger partial charge in [-0.05, 0) is 25.1 Å². The zero-order valence-corrected chi connectivity index (χ0v) is 11.2. The van der Waals surface area contributed by atoms with Crippen molar-refractivity contribution in [3.8, 4) is 0 Å². The molecule has 0 heterocycles. The lowest BCUT2D eigenvalue weighted by Crippen LogP contribution is -2.43. The number of nitrogens with two attached hydrogens (primary N) is 1. The standard InChI is InChI=1S/C10H14ClFN2O3S/c1-6(15)10(13)5-14-18(16,17)7-2-3-9(12)8(11)4-7/h2-4,6,10,14-15H,5,13H2,1H3. The molecule has 4 N–H and O–H groups in total. The molecular formula is C10H14ClFN2O3S. The van der Waals surface area contributed by atoms with E-state index in [1.165, 1.54) is 6.92 Å². The van der Waals surface area contributed by atoms with Crippen molar-refractivity contribution >= 4 is 21.6 Å². The normalized spacial score (nSPS) is 15.4. The average molecular weight is 297 g/mol. The van der Waals surface area contributed by atoms with Crippen molar-refractivity contribution in [2.24, 2.45) is 5.73 Å². The molecule has 0 saturated carbocycles. The summed E-state index contributed by atoms with van der Waals surface area (Å²) in [6.07, 6.45) is -0.843. The molecule has 0 aromatic heterocycles. The number of nitrogens with one attached hydrogen (secondary N) is 1. The van der Waals surface area contributed by atoms with E-state index in [4.69, 9.17) is 22.4 Å². The fourth-order valence-electron chi connectivity index (χ4n) is 1.10. The summed E-state index contributed by atoms with van der Waals surface area (Å²) in [7, 11) is -3.82. The Labute approximate surface area is 110 Å². The van der Waals surface area contributed by atoms with Crippen molar-refractivity contribution < 1.29 is 17.9 Å². The SMILES string of the molecule is CC(O)C(N)CNS(=O)(=O)c1ccc(F)c(Cl)c1. The lowest BCUT2D eigenvalue weighted by Gasteiger charge is -2.15. The van der Waals surface area contributed by atoms with E-state index in [-0.39, 0.29) is 16.5 Å². The van der Waals surface area contributed by atoms with Gasteiger partial charge in [0.15, 0.2) is 0 Å². The highest BCUT2D eigenvalue weighted by Gasteiger charge is 2.18. The maximum atomic E-state index is 12.9. The molecule has 0 aliphatic rings. The molecule has 1 aromatic rings. The number of rotatable bonds is 5. The highest BCUT2D eigenvalue weighted by atomic mass is 35.5. The minimum Gasteiger partial charge on any atom is -0.392 e. The third-order valence-corrected chi connectivity index (χ3v) is 4.04. The second-order valence-corrected chi connectivity index (χ2v) is 6.01. The Morgan fingerprint density at radius 3 is 2.67 bits per heavy atom. The lowest BCUT2D eigenvalue weighted by atomic mass is 10.2. The van der Waals surface area contributed by atoms with E-state index in [9.17, 15) is 12.8 Å². The number of sulfonamides is 1. The molecular weight excluding hydrogens is 283 g/mol. The van der Waals surface area contributed by atoms with Crippen LogP contribution in [0.15, 0.2) is 23.1 Å². The summed E-state index contributed by atoms with van der Waals surface area (Å²) in [5, 5.41) is 8.86. The van der Waals surface area contributed by atoms with Gasteiger partial charge in [0.05, 0.1) is 16.0 Å². The Morgan fingerprint density at radius 1 is 1.56 bits per heavy atom. The topological polar surface area (TPSA) is 92.4 Å². The van der Waals surface area contributed by atoms with Crippen molar-refractivity contribution in [1.82, 2.24) is 4.72 Å². The van der Waals surface area contributed by atoms with Crippen LogP contribution in [0, 0.1) is 5.82 Å². The van der Waals surface area contributed by atoms with Gasteiger partial charge in [0, 0.05) is 12.6 Å². The summed E-state index contributed by atoms with van der Waals surface area (Å²) in [6, 6.07) is 2.34. The number of hydrogen-bond acceptors (Lipinski definition) is 4. The molecule has 2 atom stereocenters. The monoisotopic (exact) mass is 296 g/mol. The van der Waals surface area contributed by atoms with Crippen molar-refractivity contribution in [3.63, 3.8) is 0 Å². The van der Waals surface area contributed by atoms with E-state index >= 15 is 0 Å². The highest BCUT2D eigenvalue weighted by molar-refractivity contribution is 7.89. The molecule has 0 aliphatic heterocycles. The zero-order chi connectivity index (χ0) is 13.9. The minimum absolute atomic E-state index is 0.130. The maximum Gasteiger partial charge on any atom is 0.240 e. The van der Waals surface area contributed by atoms with Gasteiger partial charge < -0.3 is 10.8 Å². The third kappa shape index (κ3) is 3.89. The van der Waals surface area contributed by atoms with Gasteiger partial charge in [-0.15, -0.1) is 0 Å².